The Hall–Kier alpha value is -1.35. The Bertz CT molecular complexity index is 512. The quantitative estimate of drug-likeness (QED) is 0.886. The predicted molar refractivity (Wildman–Crippen MR) is 72.7 cm³/mol. The Morgan fingerprint density at radius 2 is 2.06 bits per heavy atom. The number of aromatic hydroxyl groups is 1. The number of phenolic OH excluding ortho intramolecular Hbond substituents is 1. The van der Waals surface area contributed by atoms with Crippen LogP contribution in [0, 0.1) is 13.8 Å². The second-order valence-corrected chi connectivity index (χ2v) is 5.46. The zero-order chi connectivity index (χ0) is 12.4. The molecule has 0 amide bonds. The van der Waals surface area contributed by atoms with Crippen molar-refractivity contribution >= 4 is 11.3 Å². The highest BCUT2D eigenvalue weighted by Gasteiger charge is 2.08. The minimum atomic E-state index is 0.389. The molecule has 0 aliphatic heterocycles. The fourth-order valence-electron chi connectivity index (χ4n) is 1.78. The molecule has 0 aliphatic carbocycles. The fourth-order valence-corrected chi connectivity index (χ4v) is 2.70. The van der Waals surface area contributed by atoms with Crippen LogP contribution >= 0.6 is 11.3 Å². The number of nitrogens with zero attached hydrogens (tertiary/aromatic N) is 1. The van der Waals surface area contributed by atoms with E-state index in [0.717, 1.165) is 34.7 Å². The van der Waals surface area contributed by atoms with Crippen molar-refractivity contribution in [1.29, 1.82) is 0 Å². The van der Waals surface area contributed by atoms with Crippen LogP contribution in [0.2, 0.25) is 0 Å². The Labute approximate surface area is 106 Å². The van der Waals surface area contributed by atoms with Crippen LogP contribution in [0.3, 0.4) is 0 Å². The van der Waals surface area contributed by atoms with Gasteiger partial charge in [0.05, 0.1) is 5.69 Å². The second kappa shape index (κ2) is 4.88. The van der Waals surface area contributed by atoms with Gasteiger partial charge in [-0.15, -0.1) is 11.3 Å². The maximum absolute atomic E-state index is 9.76. The first-order valence-corrected chi connectivity index (χ1v) is 6.69. The lowest BCUT2D eigenvalue weighted by molar-refractivity contribution is 0.467. The van der Waals surface area contributed by atoms with Crippen molar-refractivity contribution in [2.75, 3.05) is 0 Å². The molecule has 2 aromatic rings. The van der Waals surface area contributed by atoms with Gasteiger partial charge in [0.1, 0.15) is 10.8 Å². The lowest BCUT2D eigenvalue weighted by Crippen LogP contribution is -1.86. The van der Waals surface area contributed by atoms with Crippen molar-refractivity contribution < 1.29 is 5.11 Å². The largest absolute Gasteiger partial charge is 0.508 e. The summed E-state index contributed by atoms with van der Waals surface area (Å²) in [7, 11) is 0. The molecule has 2 rings (SSSR count). The van der Waals surface area contributed by atoms with Gasteiger partial charge in [-0.25, -0.2) is 4.98 Å². The number of phenols is 1. The van der Waals surface area contributed by atoms with Gasteiger partial charge in [0, 0.05) is 10.4 Å². The maximum Gasteiger partial charge on any atom is 0.123 e. The Balaban J connectivity index is 2.42. The summed E-state index contributed by atoms with van der Waals surface area (Å²) in [5.41, 5.74) is 3.21. The van der Waals surface area contributed by atoms with Gasteiger partial charge < -0.3 is 5.11 Å². The van der Waals surface area contributed by atoms with Crippen molar-refractivity contribution in [3.05, 3.63) is 34.3 Å². The monoisotopic (exact) mass is 247 g/mol. The van der Waals surface area contributed by atoms with Gasteiger partial charge >= 0.3 is 0 Å². The molecule has 0 radical (unpaired) electrons. The minimum Gasteiger partial charge on any atom is -0.508 e. The Morgan fingerprint density at radius 1 is 1.29 bits per heavy atom. The van der Waals surface area contributed by atoms with E-state index in [1.54, 1.807) is 17.4 Å². The average molecular weight is 247 g/mol. The Kier molecular flexibility index (Phi) is 3.48. The molecule has 17 heavy (non-hydrogen) atoms. The molecule has 1 aromatic heterocycles. The highest BCUT2D eigenvalue weighted by Crippen LogP contribution is 2.30. The van der Waals surface area contributed by atoms with Crippen LogP contribution < -0.4 is 0 Å². The molecule has 0 aliphatic rings. The zero-order valence-corrected chi connectivity index (χ0v) is 11.3. The summed E-state index contributed by atoms with van der Waals surface area (Å²) in [6.45, 7) is 6.23. The zero-order valence-electron chi connectivity index (χ0n) is 10.4. The van der Waals surface area contributed by atoms with E-state index in [2.05, 4.69) is 24.9 Å². The molecule has 0 atom stereocenters. The molecular formula is C14H17NOS. The summed E-state index contributed by atoms with van der Waals surface area (Å²) in [4.78, 5) is 5.80. The third kappa shape index (κ3) is 2.50. The van der Waals surface area contributed by atoms with Crippen LogP contribution in [0.4, 0.5) is 0 Å². The first kappa shape index (κ1) is 12.1. The number of rotatable bonds is 3. The molecule has 2 nitrogen and oxygen atoms in total. The maximum atomic E-state index is 9.76. The third-order valence-electron chi connectivity index (χ3n) is 2.87. The molecule has 1 aromatic carbocycles. The van der Waals surface area contributed by atoms with E-state index in [9.17, 15) is 5.11 Å². The third-order valence-corrected chi connectivity index (χ3v) is 4.00. The molecule has 90 valence electrons. The van der Waals surface area contributed by atoms with Crippen LogP contribution in [0.1, 0.15) is 29.5 Å². The number of hydrogen-bond donors (Lipinski definition) is 1. The van der Waals surface area contributed by atoms with E-state index in [1.807, 2.05) is 13.0 Å². The lowest BCUT2D eigenvalue weighted by Gasteiger charge is -2.04. The molecule has 0 bridgehead atoms. The summed E-state index contributed by atoms with van der Waals surface area (Å²) >= 11 is 1.71. The summed E-state index contributed by atoms with van der Waals surface area (Å²) < 4.78 is 0. The van der Waals surface area contributed by atoms with Crippen molar-refractivity contribution in [1.82, 2.24) is 4.98 Å². The van der Waals surface area contributed by atoms with Crippen LogP contribution in [0.15, 0.2) is 18.2 Å². The second-order valence-electron chi connectivity index (χ2n) is 4.25. The number of aromatic nitrogens is 1. The molecule has 0 unspecified atom stereocenters. The number of aryl methyl sites for hydroxylation is 3. The molecule has 0 saturated carbocycles. The summed E-state index contributed by atoms with van der Waals surface area (Å²) in [6, 6.07) is 5.76. The van der Waals surface area contributed by atoms with Gasteiger partial charge in [-0.3, -0.25) is 0 Å². The smallest absolute Gasteiger partial charge is 0.123 e. The van der Waals surface area contributed by atoms with Crippen molar-refractivity contribution in [2.45, 2.75) is 33.6 Å². The van der Waals surface area contributed by atoms with Crippen LogP contribution in [-0.4, -0.2) is 10.1 Å². The molecular weight excluding hydrogens is 230 g/mol. The molecule has 3 heteroatoms. The first-order chi connectivity index (χ1) is 8.11. The SMILES string of the molecule is CCCc1cc(-c2nc(C)c(C)s2)ccc1O. The molecule has 0 saturated heterocycles. The number of benzene rings is 1. The first-order valence-electron chi connectivity index (χ1n) is 5.88. The van der Waals surface area contributed by atoms with E-state index in [0.29, 0.717) is 5.75 Å². The van der Waals surface area contributed by atoms with Gasteiger partial charge in [0.2, 0.25) is 0 Å². The van der Waals surface area contributed by atoms with Crippen molar-refractivity contribution in [3.63, 3.8) is 0 Å². The normalized spacial score (nSPS) is 10.8. The van der Waals surface area contributed by atoms with Gasteiger partial charge in [-0.1, -0.05) is 13.3 Å². The highest BCUT2D eigenvalue weighted by molar-refractivity contribution is 7.15. The van der Waals surface area contributed by atoms with E-state index >= 15 is 0 Å². The van der Waals surface area contributed by atoms with Crippen LogP contribution in [0.5, 0.6) is 5.75 Å². The average Bonchev–Trinajstić information content (AvgIpc) is 2.63. The number of thiazole rings is 1. The number of hydrogen-bond acceptors (Lipinski definition) is 3. The lowest BCUT2D eigenvalue weighted by atomic mass is 10.1. The van der Waals surface area contributed by atoms with Gasteiger partial charge in [-0.05, 0) is 44.0 Å². The van der Waals surface area contributed by atoms with Crippen molar-refractivity contribution in [2.24, 2.45) is 0 Å². The Morgan fingerprint density at radius 3 is 2.65 bits per heavy atom. The molecule has 0 spiro atoms. The highest BCUT2D eigenvalue weighted by atomic mass is 32.1. The predicted octanol–water partition coefficient (Wildman–Crippen LogP) is 4.09. The van der Waals surface area contributed by atoms with Gasteiger partial charge in [0.25, 0.3) is 0 Å². The molecule has 0 fully saturated rings. The minimum absolute atomic E-state index is 0.389. The summed E-state index contributed by atoms with van der Waals surface area (Å²) in [5.74, 6) is 0.389. The molecule has 1 N–H and O–H groups in total. The van der Waals surface area contributed by atoms with E-state index in [4.69, 9.17) is 0 Å². The van der Waals surface area contributed by atoms with Crippen molar-refractivity contribution in [3.8, 4) is 16.3 Å². The summed E-state index contributed by atoms with van der Waals surface area (Å²) in [5, 5.41) is 10.8. The fraction of sp³-hybridized carbons (Fsp3) is 0.357. The van der Waals surface area contributed by atoms with Gasteiger partial charge in [0.15, 0.2) is 0 Å². The standard InChI is InChI=1S/C14H17NOS/c1-4-5-11-8-12(6-7-13(11)16)14-15-9(2)10(3)17-14/h6-8,16H,4-5H2,1-3H3. The van der Waals surface area contributed by atoms with E-state index < -0.39 is 0 Å². The topological polar surface area (TPSA) is 33.1 Å². The van der Waals surface area contributed by atoms with Gasteiger partial charge in [-0.2, -0.15) is 0 Å². The molecule has 1 heterocycles. The summed E-state index contributed by atoms with van der Waals surface area (Å²) in [6.07, 6.45) is 1.94. The van der Waals surface area contributed by atoms with E-state index in [1.165, 1.54) is 4.88 Å². The van der Waals surface area contributed by atoms with Crippen LogP contribution in [0.25, 0.3) is 10.6 Å². The van der Waals surface area contributed by atoms with E-state index in [-0.39, 0.29) is 0 Å². The van der Waals surface area contributed by atoms with Crippen LogP contribution in [-0.2, 0) is 6.42 Å².